The van der Waals surface area contributed by atoms with E-state index in [4.69, 9.17) is 16.9 Å². The number of anilines is 1. The Morgan fingerprint density at radius 2 is 2.00 bits per heavy atom. The average Bonchev–Trinajstić information content (AvgIpc) is 2.89. The molecule has 10 nitrogen and oxygen atoms in total. The highest BCUT2D eigenvalue weighted by Crippen LogP contribution is 2.20. The van der Waals surface area contributed by atoms with Crippen LogP contribution in [0.2, 0.25) is 0 Å². The molecule has 0 aromatic carbocycles. The number of urea groups is 1. The zero-order valence-corrected chi connectivity index (χ0v) is 22.2. The molecule has 0 unspecified atom stereocenters. The third kappa shape index (κ3) is 7.45. The van der Waals surface area contributed by atoms with Gasteiger partial charge in [0.2, 0.25) is 0 Å². The van der Waals surface area contributed by atoms with Crippen molar-refractivity contribution >= 4 is 34.7 Å². The van der Waals surface area contributed by atoms with Gasteiger partial charge in [-0.1, -0.05) is 13.8 Å². The lowest BCUT2D eigenvalue weighted by atomic mass is 9.97. The summed E-state index contributed by atoms with van der Waals surface area (Å²) in [7, 11) is 3.56. The van der Waals surface area contributed by atoms with Gasteiger partial charge in [-0.05, 0) is 60.7 Å². The van der Waals surface area contributed by atoms with Crippen molar-refractivity contribution in [3.8, 4) is 0 Å². The van der Waals surface area contributed by atoms with Crippen LogP contribution in [0.5, 0.6) is 0 Å². The third-order valence-electron chi connectivity index (χ3n) is 6.41. The van der Waals surface area contributed by atoms with E-state index >= 15 is 0 Å². The van der Waals surface area contributed by atoms with Gasteiger partial charge in [0.1, 0.15) is 11.6 Å². The second kappa shape index (κ2) is 12.8. The highest BCUT2D eigenvalue weighted by atomic mass is 16.2. The maximum absolute atomic E-state index is 12.1. The van der Waals surface area contributed by atoms with Crippen LogP contribution in [-0.4, -0.2) is 65.7 Å². The number of nitrogens with zero attached hydrogens (tertiary/aromatic N) is 4. The zero-order valence-electron chi connectivity index (χ0n) is 22.2. The van der Waals surface area contributed by atoms with Crippen LogP contribution in [0.3, 0.4) is 0 Å². The molecule has 0 spiro atoms. The number of likely N-dealkylation sites (tertiary alicyclic amines) is 1. The van der Waals surface area contributed by atoms with Gasteiger partial charge in [-0.25, -0.2) is 9.78 Å². The maximum atomic E-state index is 12.1. The topological polar surface area (TPSA) is 149 Å². The van der Waals surface area contributed by atoms with E-state index in [1.54, 1.807) is 37.5 Å². The molecular formula is C27H39N9O. The summed E-state index contributed by atoms with van der Waals surface area (Å²) >= 11 is 0. The van der Waals surface area contributed by atoms with Crippen LogP contribution >= 0.6 is 0 Å². The lowest BCUT2D eigenvalue weighted by molar-refractivity contribution is 0.147. The van der Waals surface area contributed by atoms with Crippen LogP contribution in [0, 0.1) is 17.2 Å². The molecule has 198 valence electrons. The Hall–Kier alpha value is -4.08. The molecule has 10 heteroatoms. The second-order valence-corrected chi connectivity index (χ2v) is 9.76. The number of nitrogens with one attached hydrogen (secondary N) is 3. The molecule has 2 amide bonds. The first-order valence-corrected chi connectivity index (χ1v) is 12.5. The molecule has 1 aliphatic rings. The van der Waals surface area contributed by atoms with Crippen molar-refractivity contribution in [1.29, 1.82) is 5.41 Å². The monoisotopic (exact) mass is 505 g/mol. The summed E-state index contributed by atoms with van der Waals surface area (Å²) in [6, 6.07) is 5.68. The first-order valence-electron chi connectivity index (χ1n) is 12.5. The van der Waals surface area contributed by atoms with Crippen LogP contribution in [-0.2, 0) is 0 Å². The van der Waals surface area contributed by atoms with Crippen molar-refractivity contribution in [2.24, 2.45) is 23.3 Å². The fourth-order valence-corrected chi connectivity index (χ4v) is 4.16. The molecule has 1 fully saturated rings. The number of hydrogen-bond acceptors (Lipinski definition) is 8. The van der Waals surface area contributed by atoms with Gasteiger partial charge in [-0.15, -0.1) is 0 Å². The smallest absolute Gasteiger partial charge is 0.319 e. The van der Waals surface area contributed by atoms with Crippen molar-refractivity contribution in [3.63, 3.8) is 0 Å². The van der Waals surface area contributed by atoms with E-state index in [-0.39, 0.29) is 11.9 Å². The Morgan fingerprint density at radius 1 is 1.27 bits per heavy atom. The predicted octanol–water partition coefficient (Wildman–Crippen LogP) is 3.31. The number of fused-ring (bicyclic) bond motifs is 1. The number of hydrogen-bond donors (Lipinski definition) is 5. The minimum Gasteiger partial charge on any atom is -0.404 e. The Labute approximate surface area is 219 Å². The molecule has 0 radical (unpaired) electrons. The van der Waals surface area contributed by atoms with Crippen LogP contribution in [0.4, 0.5) is 10.6 Å². The van der Waals surface area contributed by atoms with Crippen LogP contribution in [0.25, 0.3) is 16.6 Å². The summed E-state index contributed by atoms with van der Waals surface area (Å²) in [6.45, 7) is 6.41. The van der Waals surface area contributed by atoms with Gasteiger partial charge >= 0.3 is 6.03 Å². The molecule has 1 aliphatic heterocycles. The SMILES string of the molecule is CC(C)C(=C/N)/C=C(\N)Nc1ccc2ncc(/C(C=N)=C/NCC3CCN(C(=O)N(C)C)CC3)cc2n1. The van der Waals surface area contributed by atoms with E-state index in [9.17, 15) is 4.79 Å². The number of allylic oxidation sites excluding steroid dienone is 3. The number of aromatic nitrogens is 2. The lowest BCUT2D eigenvalue weighted by Crippen LogP contribution is -2.44. The van der Waals surface area contributed by atoms with Crippen molar-refractivity contribution in [2.75, 3.05) is 39.0 Å². The summed E-state index contributed by atoms with van der Waals surface area (Å²) in [5, 5.41) is 14.4. The molecule has 0 saturated carbocycles. The molecule has 3 rings (SSSR count). The van der Waals surface area contributed by atoms with Crippen molar-refractivity contribution in [2.45, 2.75) is 26.7 Å². The van der Waals surface area contributed by atoms with Crippen molar-refractivity contribution in [1.82, 2.24) is 25.1 Å². The van der Waals surface area contributed by atoms with E-state index in [1.165, 1.54) is 6.21 Å². The maximum Gasteiger partial charge on any atom is 0.319 e. The minimum absolute atomic E-state index is 0.0691. The molecular weight excluding hydrogens is 466 g/mol. The number of amides is 2. The summed E-state index contributed by atoms with van der Waals surface area (Å²) in [6.07, 6.45) is 10.2. The molecule has 7 N–H and O–H groups in total. The Bertz CT molecular complexity index is 1190. The molecule has 2 aromatic heterocycles. The molecule has 3 heterocycles. The van der Waals surface area contributed by atoms with Crippen molar-refractivity contribution in [3.05, 3.63) is 59.8 Å². The largest absolute Gasteiger partial charge is 0.404 e. The fourth-order valence-electron chi connectivity index (χ4n) is 4.16. The van der Waals surface area contributed by atoms with Crippen molar-refractivity contribution < 1.29 is 4.79 Å². The van der Waals surface area contributed by atoms with Gasteiger partial charge in [0, 0.05) is 63.5 Å². The van der Waals surface area contributed by atoms with Crippen LogP contribution < -0.4 is 22.1 Å². The normalized spacial score (nSPS) is 15.7. The Morgan fingerprint density at radius 3 is 2.62 bits per heavy atom. The number of pyridine rings is 2. The second-order valence-electron chi connectivity index (χ2n) is 9.76. The van der Waals surface area contributed by atoms with E-state index in [1.807, 2.05) is 43.1 Å². The number of nitrogens with two attached hydrogens (primary N) is 2. The molecule has 0 bridgehead atoms. The first kappa shape index (κ1) is 27.5. The molecule has 0 aliphatic carbocycles. The fraction of sp³-hybridized carbons (Fsp3) is 0.407. The number of carbonyl (C=O) groups is 1. The minimum atomic E-state index is 0.0691. The predicted molar refractivity (Wildman–Crippen MR) is 151 cm³/mol. The zero-order chi connectivity index (χ0) is 26.9. The average molecular weight is 506 g/mol. The van der Waals surface area contributed by atoms with Crippen LogP contribution in [0.15, 0.2) is 54.3 Å². The summed E-state index contributed by atoms with van der Waals surface area (Å²) in [5.74, 6) is 1.77. The standard InChI is InChI=1S/C27H39N9O/c1-18(2)20(13-28)12-25(30)34-26-6-5-23-24(33-26)11-21(17-32-23)22(14-29)16-31-15-19-7-9-36(10-8-19)27(37)35(3)4/h5-6,11-14,16-19,29,31H,7-10,15,28,30H2,1-4H3,(H,33,34)/b20-13+,22-16+,25-12+,29-14?. The van der Waals surface area contributed by atoms with E-state index < -0.39 is 0 Å². The van der Waals surface area contributed by atoms with Crippen LogP contribution in [0.1, 0.15) is 32.3 Å². The number of carbonyl (C=O) groups excluding carboxylic acids is 1. The van der Waals surface area contributed by atoms with E-state index in [0.29, 0.717) is 28.6 Å². The van der Waals surface area contributed by atoms with E-state index in [2.05, 4.69) is 20.6 Å². The first-order chi connectivity index (χ1) is 17.7. The van der Waals surface area contributed by atoms with Gasteiger partial charge in [0.15, 0.2) is 0 Å². The highest BCUT2D eigenvalue weighted by Gasteiger charge is 2.23. The molecule has 0 atom stereocenters. The van der Waals surface area contributed by atoms with Gasteiger partial charge < -0.3 is 37.3 Å². The lowest BCUT2D eigenvalue weighted by Gasteiger charge is -2.33. The van der Waals surface area contributed by atoms with Gasteiger partial charge in [0.05, 0.1) is 11.0 Å². The third-order valence-corrected chi connectivity index (χ3v) is 6.41. The summed E-state index contributed by atoms with van der Waals surface area (Å²) < 4.78 is 0. The van der Waals surface area contributed by atoms with Gasteiger partial charge in [0.25, 0.3) is 0 Å². The Kier molecular flexibility index (Phi) is 9.48. The number of rotatable bonds is 9. The van der Waals surface area contributed by atoms with E-state index in [0.717, 1.165) is 49.1 Å². The molecule has 1 saturated heterocycles. The number of piperidine rings is 1. The molecule has 37 heavy (non-hydrogen) atoms. The summed E-state index contributed by atoms with van der Waals surface area (Å²) in [4.78, 5) is 24.8. The highest BCUT2D eigenvalue weighted by molar-refractivity contribution is 6.08. The Balaban J connectivity index is 1.66. The van der Waals surface area contributed by atoms with Gasteiger partial charge in [-0.2, -0.15) is 0 Å². The summed E-state index contributed by atoms with van der Waals surface area (Å²) in [5.41, 5.74) is 15.7. The molecule has 2 aromatic rings. The van der Waals surface area contributed by atoms with Gasteiger partial charge in [-0.3, -0.25) is 4.98 Å². The quantitative estimate of drug-likeness (QED) is 0.259.